The van der Waals surface area contributed by atoms with Crippen molar-refractivity contribution in [2.75, 3.05) is 18.4 Å². The Morgan fingerprint density at radius 3 is 2.32 bits per heavy atom. The minimum atomic E-state index is -3.25. The van der Waals surface area contributed by atoms with Gasteiger partial charge in [0.25, 0.3) is 0 Å². The molecule has 0 saturated carbocycles. The quantitative estimate of drug-likeness (QED) is 0.718. The normalized spacial score (nSPS) is 12.4. The van der Waals surface area contributed by atoms with Crippen LogP contribution in [0.5, 0.6) is 0 Å². The molecule has 6 heteroatoms. The molecule has 0 aliphatic heterocycles. The molecule has 22 heavy (non-hydrogen) atoms. The van der Waals surface area contributed by atoms with E-state index in [9.17, 15) is 12.8 Å². The Bertz CT molecular complexity index is 580. The summed E-state index contributed by atoms with van der Waals surface area (Å²) in [5.41, 5.74) is 1.41. The number of anilines is 1. The third-order valence-electron chi connectivity index (χ3n) is 3.45. The molecule has 2 N–H and O–H groups in total. The highest BCUT2D eigenvalue weighted by atomic mass is 32.2. The highest BCUT2D eigenvalue weighted by Gasteiger charge is 2.27. The lowest BCUT2D eigenvalue weighted by molar-refractivity contribution is 0.540. The molecule has 0 fully saturated rings. The lowest BCUT2D eigenvalue weighted by Gasteiger charge is -2.19. The molecule has 1 aromatic carbocycles. The van der Waals surface area contributed by atoms with Gasteiger partial charge in [0, 0.05) is 18.8 Å². The summed E-state index contributed by atoms with van der Waals surface area (Å²) in [6, 6.07) is 5.10. The van der Waals surface area contributed by atoms with E-state index in [2.05, 4.69) is 10.0 Å². The van der Waals surface area contributed by atoms with Gasteiger partial charge in [0.05, 0.1) is 4.75 Å². The Hall–Kier alpha value is -1.14. The van der Waals surface area contributed by atoms with Crippen molar-refractivity contribution in [2.24, 2.45) is 0 Å². The fourth-order valence-electron chi connectivity index (χ4n) is 1.79. The van der Waals surface area contributed by atoms with E-state index in [4.69, 9.17) is 0 Å². The molecule has 0 spiro atoms. The minimum absolute atomic E-state index is 0.207. The predicted octanol–water partition coefficient (Wildman–Crippen LogP) is 3.43. The number of rotatable bonds is 8. The van der Waals surface area contributed by atoms with E-state index >= 15 is 0 Å². The molecule has 0 heterocycles. The molecule has 0 aromatic heterocycles. The first kappa shape index (κ1) is 18.9. The van der Waals surface area contributed by atoms with Gasteiger partial charge < -0.3 is 5.32 Å². The summed E-state index contributed by atoms with van der Waals surface area (Å²) in [5.74, 6) is -0.207. The second-order valence-electron chi connectivity index (χ2n) is 6.46. The van der Waals surface area contributed by atoms with Crippen LogP contribution in [0.4, 0.5) is 10.1 Å². The summed E-state index contributed by atoms with van der Waals surface area (Å²) in [4.78, 5) is 0. The Morgan fingerprint density at radius 1 is 1.09 bits per heavy atom. The van der Waals surface area contributed by atoms with Crippen LogP contribution in [0.15, 0.2) is 18.2 Å². The summed E-state index contributed by atoms with van der Waals surface area (Å²) in [7, 11) is -3.25. The largest absolute Gasteiger partial charge is 0.385 e. The molecule has 0 atom stereocenters. The van der Waals surface area contributed by atoms with Gasteiger partial charge in [-0.1, -0.05) is 12.5 Å². The number of halogens is 1. The van der Waals surface area contributed by atoms with Gasteiger partial charge in [-0.2, -0.15) is 0 Å². The summed E-state index contributed by atoms with van der Waals surface area (Å²) in [5, 5.41) is 3.17. The molecule has 0 bridgehead atoms. The van der Waals surface area contributed by atoms with E-state index in [0.29, 0.717) is 12.1 Å². The molecule has 0 amide bonds. The minimum Gasteiger partial charge on any atom is -0.385 e. The van der Waals surface area contributed by atoms with Crippen molar-refractivity contribution < 1.29 is 12.8 Å². The van der Waals surface area contributed by atoms with Gasteiger partial charge in [-0.25, -0.2) is 17.5 Å². The number of sulfonamides is 1. The first-order chi connectivity index (χ1) is 10.1. The summed E-state index contributed by atoms with van der Waals surface area (Å²) >= 11 is 0. The van der Waals surface area contributed by atoms with Gasteiger partial charge in [-0.15, -0.1) is 0 Å². The predicted molar refractivity (Wildman–Crippen MR) is 90.2 cm³/mol. The van der Waals surface area contributed by atoms with E-state index in [-0.39, 0.29) is 5.82 Å². The zero-order chi connectivity index (χ0) is 16.8. The van der Waals surface area contributed by atoms with Crippen molar-refractivity contribution in [3.05, 3.63) is 29.6 Å². The molecule has 0 radical (unpaired) electrons. The van der Waals surface area contributed by atoms with Crippen LogP contribution >= 0.6 is 0 Å². The fraction of sp³-hybridized carbons (Fsp3) is 0.625. The zero-order valence-electron chi connectivity index (χ0n) is 13.9. The van der Waals surface area contributed by atoms with E-state index in [1.54, 1.807) is 33.8 Å². The molecule has 0 aliphatic rings. The lowest BCUT2D eigenvalue weighted by atomic mass is 10.2. The Morgan fingerprint density at radius 2 is 1.73 bits per heavy atom. The Labute approximate surface area is 133 Å². The van der Waals surface area contributed by atoms with Gasteiger partial charge in [0.2, 0.25) is 10.0 Å². The molecule has 1 rings (SSSR count). The van der Waals surface area contributed by atoms with Crippen LogP contribution in [0.2, 0.25) is 0 Å². The van der Waals surface area contributed by atoms with Gasteiger partial charge in [-0.3, -0.25) is 0 Å². The third-order valence-corrected chi connectivity index (χ3v) is 5.65. The van der Waals surface area contributed by atoms with Gasteiger partial charge >= 0.3 is 0 Å². The first-order valence-electron chi connectivity index (χ1n) is 7.63. The van der Waals surface area contributed by atoms with Crippen LogP contribution in [0.3, 0.4) is 0 Å². The molecule has 0 saturated heterocycles. The molecule has 0 unspecified atom stereocenters. The summed E-state index contributed by atoms with van der Waals surface area (Å²) in [6.45, 7) is 7.98. The monoisotopic (exact) mass is 330 g/mol. The first-order valence-corrected chi connectivity index (χ1v) is 9.11. The van der Waals surface area contributed by atoms with Crippen molar-refractivity contribution >= 4 is 15.7 Å². The number of unbranched alkanes of at least 4 members (excludes halogenated alkanes) is 2. The second kappa shape index (κ2) is 7.92. The molecular weight excluding hydrogens is 303 g/mol. The molecule has 0 aliphatic carbocycles. The van der Waals surface area contributed by atoms with E-state index in [1.807, 2.05) is 6.07 Å². The topological polar surface area (TPSA) is 58.2 Å². The highest BCUT2D eigenvalue weighted by molar-refractivity contribution is 7.90. The maximum absolute atomic E-state index is 13.4. The maximum Gasteiger partial charge on any atom is 0.216 e. The maximum atomic E-state index is 13.4. The van der Waals surface area contributed by atoms with Crippen molar-refractivity contribution in [1.82, 2.24) is 4.72 Å². The van der Waals surface area contributed by atoms with E-state index < -0.39 is 14.8 Å². The third kappa shape index (κ3) is 5.93. The average molecular weight is 330 g/mol. The average Bonchev–Trinajstić information content (AvgIpc) is 2.40. The zero-order valence-corrected chi connectivity index (χ0v) is 14.7. The highest BCUT2D eigenvalue weighted by Crippen LogP contribution is 2.14. The van der Waals surface area contributed by atoms with Gasteiger partial charge in [-0.05, 0) is 58.2 Å². The smallest absolute Gasteiger partial charge is 0.216 e. The van der Waals surface area contributed by atoms with Crippen molar-refractivity contribution in [3.63, 3.8) is 0 Å². The van der Waals surface area contributed by atoms with Crippen LogP contribution in [-0.4, -0.2) is 26.3 Å². The van der Waals surface area contributed by atoms with Crippen molar-refractivity contribution in [1.29, 1.82) is 0 Å². The Kier molecular flexibility index (Phi) is 6.81. The van der Waals surface area contributed by atoms with Crippen LogP contribution in [0.1, 0.15) is 45.6 Å². The number of hydrogen-bond acceptors (Lipinski definition) is 3. The van der Waals surface area contributed by atoms with Crippen LogP contribution < -0.4 is 10.0 Å². The van der Waals surface area contributed by atoms with E-state index in [0.717, 1.165) is 31.5 Å². The Balaban J connectivity index is 2.17. The summed E-state index contributed by atoms with van der Waals surface area (Å²) in [6.07, 6.45) is 2.61. The molecule has 4 nitrogen and oxygen atoms in total. The number of nitrogens with one attached hydrogen (secondary N) is 2. The number of benzene rings is 1. The standard InChI is InChI=1S/C16H27FN2O2S/c1-13-8-9-14(12-15(13)17)18-10-6-5-7-11-19-22(20,21)16(2,3)4/h8-9,12,18-19H,5-7,10-11H2,1-4H3. The molecule has 1 aromatic rings. The van der Waals surface area contributed by atoms with Gasteiger partial charge in [0.1, 0.15) is 5.82 Å². The SMILES string of the molecule is Cc1ccc(NCCCCCNS(=O)(=O)C(C)(C)C)cc1F. The van der Waals surface area contributed by atoms with Gasteiger partial charge in [0.15, 0.2) is 0 Å². The van der Waals surface area contributed by atoms with E-state index in [1.165, 1.54) is 6.07 Å². The second-order valence-corrected chi connectivity index (χ2v) is 8.98. The van der Waals surface area contributed by atoms with Crippen LogP contribution in [0.25, 0.3) is 0 Å². The van der Waals surface area contributed by atoms with Crippen molar-refractivity contribution in [2.45, 2.75) is 51.7 Å². The number of hydrogen-bond donors (Lipinski definition) is 2. The lowest BCUT2D eigenvalue weighted by Crippen LogP contribution is -2.39. The number of aryl methyl sites for hydroxylation is 1. The van der Waals surface area contributed by atoms with Crippen molar-refractivity contribution in [3.8, 4) is 0 Å². The van der Waals surface area contributed by atoms with Crippen LogP contribution in [0, 0.1) is 12.7 Å². The fourth-order valence-corrected chi connectivity index (χ4v) is 2.63. The van der Waals surface area contributed by atoms with Crippen LogP contribution in [-0.2, 0) is 10.0 Å². The molecule has 126 valence electrons. The molecular formula is C16H27FN2O2S. The summed E-state index contributed by atoms with van der Waals surface area (Å²) < 4.78 is 38.9.